The molecule has 3 nitrogen and oxygen atoms in total. The summed E-state index contributed by atoms with van der Waals surface area (Å²) in [7, 11) is 0. The maximum atomic E-state index is 11.9. The van der Waals surface area contributed by atoms with Gasteiger partial charge in [0, 0.05) is 4.88 Å². The number of amides is 1. The topological polar surface area (TPSA) is 55.1 Å². The monoisotopic (exact) mass is 310 g/mol. The van der Waals surface area contributed by atoms with Crippen molar-refractivity contribution >= 4 is 40.2 Å². The van der Waals surface area contributed by atoms with E-state index in [0.717, 1.165) is 14.1 Å². The van der Waals surface area contributed by atoms with E-state index in [1.165, 1.54) is 22.7 Å². The first-order chi connectivity index (χ1) is 9.19. The van der Waals surface area contributed by atoms with Crippen LogP contribution in [0, 0.1) is 11.8 Å². The molecule has 0 radical (unpaired) electrons. The van der Waals surface area contributed by atoms with Gasteiger partial charge in [0.2, 0.25) is 0 Å². The molecule has 0 fully saturated rings. The van der Waals surface area contributed by atoms with Crippen LogP contribution in [0.4, 0.5) is 0 Å². The SMILES string of the molecule is NCC#Cc1ccc(C(=O)NCc2ccc(Cl)s2)s1. The van der Waals surface area contributed by atoms with Gasteiger partial charge in [0.25, 0.3) is 5.91 Å². The van der Waals surface area contributed by atoms with Crippen LogP contribution in [0.15, 0.2) is 24.3 Å². The molecule has 19 heavy (non-hydrogen) atoms. The Morgan fingerprint density at radius 2 is 2.16 bits per heavy atom. The molecule has 2 aromatic rings. The highest BCUT2D eigenvalue weighted by Crippen LogP contribution is 2.21. The molecule has 0 atom stereocenters. The summed E-state index contributed by atoms with van der Waals surface area (Å²) in [6.07, 6.45) is 0. The molecule has 0 bridgehead atoms. The van der Waals surface area contributed by atoms with Crippen molar-refractivity contribution in [3.05, 3.63) is 43.2 Å². The van der Waals surface area contributed by atoms with Gasteiger partial charge in [-0.25, -0.2) is 0 Å². The molecular formula is C13H11ClN2OS2. The van der Waals surface area contributed by atoms with E-state index in [9.17, 15) is 4.79 Å². The Morgan fingerprint density at radius 1 is 1.32 bits per heavy atom. The van der Waals surface area contributed by atoms with Crippen LogP contribution in [-0.4, -0.2) is 12.5 Å². The van der Waals surface area contributed by atoms with E-state index >= 15 is 0 Å². The number of nitrogens with one attached hydrogen (secondary N) is 1. The molecule has 0 saturated heterocycles. The van der Waals surface area contributed by atoms with E-state index in [0.29, 0.717) is 18.0 Å². The first-order valence-corrected chi connectivity index (χ1v) is 7.51. The van der Waals surface area contributed by atoms with Gasteiger partial charge >= 0.3 is 0 Å². The Bertz CT molecular complexity index is 636. The van der Waals surface area contributed by atoms with Crippen LogP contribution in [0.25, 0.3) is 0 Å². The van der Waals surface area contributed by atoms with E-state index in [-0.39, 0.29) is 5.91 Å². The van der Waals surface area contributed by atoms with Crippen molar-refractivity contribution < 1.29 is 4.79 Å². The van der Waals surface area contributed by atoms with Gasteiger partial charge in [-0.05, 0) is 24.3 Å². The van der Waals surface area contributed by atoms with Crippen LogP contribution in [0.3, 0.4) is 0 Å². The minimum atomic E-state index is -0.102. The zero-order valence-corrected chi connectivity index (χ0v) is 12.3. The largest absolute Gasteiger partial charge is 0.346 e. The third kappa shape index (κ3) is 4.08. The Kier molecular flexibility index (Phi) is 5.00. The minimum Gasteiger partial charge on any atom is -0.346 e. The van der Waals surface area contributed by atoms with E-state index in [2.05, 4.69) is 17.2 Å². The van der Waals surface area contributed by atoms with Crippen molar-refractivity contribution in [2.45, 2.75) is 6.54 Å². The summed E-state index contributed by atoms with van der Waals surface area (Å²) in [6, 6.07) is 7.31. The number of hydrogen-bond acceptors (Lipinski definition) is 4. The predicted molar refractivity (Wildman–Crippen MR) is 80.8 cm³/mol. The van der Waals surface area contributed by atoms with Crippen LogP contribution < -0.4 is 11.1 Å². The number of thiophene rings is 2. The van der Waals surface area contributed by atoms with Crippen molar-refractivity contribution in [3.63, 3.8) is 0 Å². The van der Waals surface area contributed by atoms with Crippen molar-refractivity contribution in [2.24, 2.45) is 5.73 Å². The maximum Gasteiger partial charge on any atom is 0.261 e. The number of halogens is 1. The fourth-order valence-electron chi connectivity index (χ4n) is 1.37. The highest BCUT2D eigenvalue weighted by Gasteiger charge is 2.08. The summed E-state index contributed by atoms with van der Waals surface area (Å²) in [6.45, 7) is 0.802. The van der Waals surface area contributed by atoms with E-state index in [4.69, 9.17) is 17.3 Å². The molecule has 2 heterocycles. The van der Waals surface area contributed by atoms with Crippen LogP contribution in [0.5, 0.6) is 0 Å². The predicted octanol–water partition coefficient (Wildman–Crippen LogP) is 2.70. The second-order valence-corrected chi connectivity index (χ2v) is 6.44. The number of carbonyl (C=O) groups is 1. The Hall–Kier alpha value is -1.32. The lowest BCUT2D eigenvalue weighted by atomic mass is 10.4. The van der Waals surface area contributed by atoms with Crippen LogP contribution in [0.1, 0.15) is 19.4 Å². The lowest BCUT2D eigenvalue weighted by molar-refractivity contribution is 0.0955. The van der Waals surface area contributed by atoms with Gasteiger partial charge in [0.15, 0.2) is 0 Å². The molecule has 2 rings (SSSR count). The van der Waals surface area contributed by atoms with Gasteiger partial charge in [-0.1, -0.05) is 23.4 Å². The molecule has 0 aliphatic carbocycles. The Balaban J connectivity index is 1.94. The Labute approximate surface area is 124 Å². The number of rotatable bonds is 3. The molecule has 0 aliphatic heterocycles. The van der Waals surface area contributed by atoms with Gasteiger partial charge in [-0.2, -0.15) is 0 Å². The average molecular weight is 311 g/mol. The summed E-state index contributed by atoms with van der Waals surface area (Å²) in [5.41, 5.74) is 5.30. The van der Waals surface area contributed by atoms with Crippen molar-refractivity contribution in [1.82, 2.24) is 5.32 Å². The summed E-state index contributed by atoms with van der Waals surface area (Å²) in [4.78, 5) is 14.4. The fraction of sp³-hybridized carbons (Fsp3) is 0.154. The smallest absolute Gasteiger partial charge is 0.261 e. The van der Waals surface area contributed by atoms with E-state index in [1.807, 2.05) is 18.2 Å². The highest BCUT2D eigenvalue weighted by atomic mass is 35.5. The molecule has 0 spiro atoms. The molecule has 6 heteroatoms. The first-order valence-electron chi connectivity index (χ1n) is 5.50. The van der Waals surface area contributed by atoms with Gasteiger partial charge in [0.1, 0.15) is 0 Å². The number of hydrogen-bond donors (Lipinski definition) is 2. The second kappa shape index (κ2) is 6.73. The Morgan fingerprint density at radius 3 is 2.84 bits per heavy atom. The van der Waals surface area contributed by atoms with E-state index in [1.54, 1.807) is 6.07 Å². The lowest BCUT2D eigenvalue weighted by Crippen LogP contribution is -2.21. The van der Waals surface area contributed by atoms with Gasteiger partial charge in [0.05, 0.1) is 27.2 Å². The van der Waals surface area contributed by atoms with Crippen molar-refractivity contribution in [2.75, 3.05) is 6.54 Å². The fourth-order valence-corrected chi connectivity index (χ4v) is 3.19. The highest BCUT2D eigenvalue weighted by molar-refractivity contribution is 7.16. The lowest BCUT2D eigenvalue weighted by Gasteiger charge is -2.00. The maximum absolute atomic E-state index is 11.9. The second-order valence-electron chi connectivity index (χ2n) is 3.56. The summed E-state index contributed by atoms with van der Waals surface area (Å²) in [5, 5.41) is 2.85. The first kappa shape index (κ1) is 14.1. The molecule has 0 aromatic carbocycles. The standard InChI is InChI=1S/C13H11ClN2OS2/c14-12-6-4-10(19-12)8-16-13(17)11-5-3-9(18-11)2-1-7-15/h3-6H,7-8,15H2,(H,16,17). The molecule has 0 saturated carbocycles. The summed E-state index contributed by atoms with van der Waals surface area (Å²) < 4.78 is 0.722. The molecule has 3 N–H and O–H groups in total. The summed E-state index contributed by atoms with van der Waals surface area (Å²) >= 11 is 8.64. The normalized spacial score (nSPS) is 9.79. The van der Waals surface area contributed by atoms with Crippen molar-refractivity contribution in [3.8, 4) is 11.8 Å². The van der Waals surface area contributed by atoms with Gasteiger partial charge in [-0.15, -0.1) is 22.7 Å². The van der Waals surface area contributed by atoms with Crippen molar-refractivity contribution in [1.29, 1.82) is 0 Å². The van der Waals surface area contributed by atoms with E-state index < -0.39 is 0 Å². The number of nitrogens with two attached hydrogens (primary N) is 1. The zero-order valence-electron chi connectivity index (χ0n) is 9.90. The molecule has 0 aliphatic rings. The molecule has 1 amide bonds. The quantitative estimate of drug-likeness (QED) is 0.856. The molecular weight excluding hydrogens is 300 g/mol. The van der Waals surface area contributed by atoms with Crippen LogP contribution in [-0.2, 0) is 6.54 Å². The third-order valence-corrected chi connectivity index (χ3v) is 4.43. The zero-order chi connectivity index (χ0) is 13.7. The molecule has 2 aromatic heterocycles. The number of carbonyl (C=O) groups excluding carboxylic acids is 1. The molecule has 98 valence electrons. The average Bonchev–Trinajstić information content (AvgIpc) is 3.02. The van der Waals surface area contributed by atoms with Gasteiger partial charge in [-0.3, -0.25) is 4.79 Å². The van der Waals surface area contributed by atoms with Crippen LogP contribution in [0.2, 0.25) is 4.34 Å². The van der Waals surface area contributed by atoms with Crippen LogP contribution >= 0.6 is 34.3 Å². The van der Waals surface area contributed by atoms with Gasteiger partial charge < -0.3 is 11.1 Å². The minimum absolute atomic E-state index is 0.102. The molecule has 0 unspecified atom stereocenters. The summed E-state index contributed by atoms with van der Waals surface area (Å²) in [5.74, 6) is 5.56. The third-order valence-electron chi connectivity index (χ3n) is 2.20.